The predicted octanol–water partition coefficient (Wildman–Crippen LogP) is 4.40. The summed E-state index contributed by atoms with van der Waals surface area (Å²) in [5.41, 5.74) is 9.00. The lowest BCUT2D eigenvalue weighted by Crippen LogP contribution is -2.12. The zero-order valence-corrected chi connectivity index (χ0v) is 13.3. The number of aliphatic imine (C=N–C) groups is 1. The van der Waals surface area contributed by atoms with Crippen LogP contribution in [0.3, 0.4) is 0 Å². The molecule has 0 spiro atoms. The molecule has 22 heavy (non-hydrogen) atoms. The van der Waals surface area contributed by atoms with Gasteiger partial charge in [-0.2, -0.15) is 10.2 Å². The van der Waals surface area contributed by atoms with Gasteiger partial charge >= 0.3 is 0 Å². The minimum Gasteiger partial charge on any atom is -0.386 e. The summed E-state index contributed by atoms with van der Waals surface area (Å²) in [6.45, 7) is 0. The maximum absolute atomic E-state index is 5.59. The number of anilines is 1. The average molecular weight is 316 g/mol. The number of hydrogen-bond acceptors (Lipinski definition) is 4. The zero-order valence-electron chi connectivity index (χ0n) is 12.6. The monoisotopic (exact) mass is 315 g/mol. The molecule has 0 aromatic heterocycles. The summed E-state index contributed by atoms with van der Waals surface area (Å²) in [6.07, 6.45) is 0. The molecule has 2 N–H and O–H groups in total. The molecule has 0 heterocycles. The van der Waals surface area contributed by atoms with Crippen molar-refractivity contribution < 1.29 is 0 Å². The minimum atomic E-state index is 0.213. The van der Waals surface area contributed by atoms with E-state index in [-0.39, 0.29) is 5.88 Å². The van der Waals surface area contributed by atoms with Crippen LogP contribution in [0.15, 0.2) is 63.8 Å². The molecule has 114 valence electrons. The summed E-state index contributed by atoms with van der Waals surface area (Å²) < 4.78 is 0. The molecule has 0 amide bonds. The average Bonchev–Trinajstić information content (AvgIpc) is 2.54. The van der Waals surface area contributed by atoms with Crippen LogP contribution in [0, 0.1) is 0 Å². The van der Waals surface area contributed by atoms with Gasteiger partial charge in [0.15, 0.2) is 0 Å². The van der Waals surface area contributed by atoms with Crippen molar-refractivity contribution in [3.05, 3.63) is 48.5 Å². The number of azo groups is 1. The highest BCUT2D eigenvalue weighted by atomic mass is 35.5. The number of rotatable bonds is 5. The number of halogens is 1. The van der Waals surface area contributed by atoms with Gasteiger partial charge in [0.25, 0.3) is 0 Å². The summed E-state index contributed by atoms with van der Waals surface area (Å²) in [4.78, 5) is 6.18. The lowest BCUT2D eigenvalue weighted by Gasteiger charge is -2.11. The van der Waals surface area contributed by atoms with Gasteiger partial charge in [-0.3, -0.25) is 0 Å². The van der Waals surface area contributed by atoms with Gasteiger partial charge in [0.1, 0.15) is 5.84 Å². The fraction of sp³-hybridized carbons (Fsp3) is 0.188. The number of nitrogens with zero attached hydrogens (tertiary/aromatic N) is 4. The first-order valence-corrected chi connectivity index (χ1v) is 7.30. The second-order valence-electron chi connectivity index (χ2n) is 4.86. The molecule has 2 aromatic carbocycles. The van der Waals surface area contributed by atoms with Crippen molar-refractivity contribution in [3.8, 4) is 0 Å². The molecule has 0 aliphatic heterocycles. The number of alkyl halides is 1. The topological polar surface area (TPSA) is 66.3 Å². The molecule has 0 atom stereocenters. The van der Waals surface area contributed by atoms with Crippen molar-refractivity contribution in [1.82, 2.24) is 0 Å². The van der Waals surface area contributed by atoms with Gasteiger partial charge in [0, 0.05) is 19.8 Å². The summed E-state index contributed by atoms with van der Waals surface area (Å²) in [5.74, 6) is 0.599. The summed E-state index contributed by atoms with van der Waals surface area (Å²) in [5, 5.41) is 8.41. The van der Waals surface area contributed by atoms with Crippen LogP contribution in [0.1, 0.15) is 0 Å². The van der Waals surface area contributed by atoms with Gasteiger partial charge in [0.2, 0.25) is 0 Å². The van der Waals surface area contributed by atoms with Crippen LogP contribution in [-0.4, -0.2) is 25.8 Å². The van der Waals surface area contributed by atoms with Gasteiger partial charge in [-0.05, 0) is 48.5 Å². The highest BCUT2D eigenvalue weighted by Crippen LogP contribution is 2.23. The molecule has 0 bridgehead atoms. The van der Waals surface area contributed by atoms with Crippen molar-refractivity contribution in [2.45, 2.75) is 0 Å². The Morgan fingerprint density at radius 3 is 1.82 bits per heavy atom. The van der Waals surface area contributed by atoms with Crippen LogP contribution in [0.2, 0.25) is 0 Å². The molecule has 0 saturated heterocycles. The van der Waals surface area contributed by atoms with Crippen molar-refractivity contribution >= 4 is 40.2 Å². The predicted molar refractivity (Wildman–Crippen MR) is 93.4 cm³/mol. The van der Waals surface area contributed by atoms with Gasteiger partial charge in [0.05, 0.1) is 22.9 Å². The Labute approximate surface area is 135 Å². The third-order valence-electron chi connectivity index (χ3n) is 2.91. The standard InChI is InChI=1S/C16H18ClN5/c1-22(2)15-9-7-14(8-10-15)21-20-13-5-3-12(4-6-13)19-16(18)11-17/h3-10H,11H2,1-2H3,(H2,18,19). The van der Waals surface area contributed by atoms with Crippen molar-refractivity contribution in [3.63, 3.8) is 0 Å². The molecule has 0 aliphatic carbocycles. The Bertz CT molecular complexity index is 660. The normalized spacial score (nSPS) is 11.9. The van der Waals surface area contributed by atoms with Crippen LogP contribution >= 0.6 is 11.6 Å². The first-order valence-electron chi connectivity index (χ1n) is 6.76. The van der Waals surface area contributed by atoms with E-state index in [0.29, 0.717) is 5.84 Å². The van der Waals surface area contributed by atoms with E-state index in [1.807, 2.05) is 67.5 Å². The lowest BCUT2D eigenvalue weighted by atomic mass is 10.3. The van der Waals surface area contributed by atoms with E-state index in [4.69, 9.17) is 17.3 Å². The first kappa shape index (κ1) is 16.0. The Hall–Kier alpha value is -2.40. The fourth-order valence-electron chi connectivity index (χ4n) is 1.72. The molecule has 0 aliphatic rings. The van der Waals surface area contributed by atoms with Crippen molar-refractivity contribution in [2.75, 3.05) is 24.9 Å². The molecule has 6 heteroatoms. The largest absolute Gasteiger partial charge is 0.386 e. The highest BCUT2D eigenvalue weighted by Gasteiger charge is 1.96. The third-order valence-corrected chi connectivity index (χ3v) is 3.18. The molecule has 2 rings (SSSR count). The van der Waals surface area contributed by atoms with E-state index in [0.717, 1.165) is 22.7 Å². The summed E-state index contributed by atoms with van der Waals surface area (Å²) in [6, 6.07) is 15.2. The number of hydrogen-bond donors (Lipinski definition) is 1. The van der Waals surface area contributed by atoms with E-state index >= 15 is 0 Å². The Morgan fingerprint density at radius 2 is 1.36 bits per heavy atom. The molecule has 0 unspecified atom stereocenters. The number of amidine groups is 1. The molecule has 0 radical (unpaired) electrons. The molecule has 2 aromatic rings. The lowest BCUT2D eigenvalue weighted by molar-refractivity contribution is 1.13. The molecule has 0 saturated carbocycles. The number of nitrogens with two attached hydrogens (primary N) is 1. The third kappa shape index (κ3) is 4.56. The van der Waals surface area contributed by atoms with Gasteiger partial charge < -0.3 is 10.6 Å². The minimum absolute atomic E-state index is 0.213. The van der Waals surface area contributed by atoms with E-state index in [9.17, 15) is 0 Å². The van der Waals surface area contributed by atoms with Gasteiger partial charge in [-0.25, -0.2) is 4.99 Å². The Balaban J connectivity index is 2.07. The van der Waals surface area contributed by atoms with E-state index in [2.05, 4.69) is 15.2 Å². The van der Waals surface area contributed by atoms with Crippen LogP contribution < -0.4 is 10.6 Å². The summed E-state index contributed by atoms with van der Waals surface area (Å²) in [7, 11) is 4.00. The van der Waals surface area contributed by atoms with Gasteiger partial charge in [-0.1, -0.05) is 0 Å². The fourth-order valence-corrected chi connectivity index (χ4v) is 1.78. The first-order chi connectivity index (χ1) is 10.6. The van der Waals surface area contributed by atoms with Gasteiger partial charge in [-0.15, -0.1) is 11.6 Å². The second kappa shape index (κ2) is 7.56. The van der Waals surface area contributed by atoms with E-state index < -0.39 is 0 Å². The smallest absolute Gasteiger partial charge is 0.115 e. The van der Waals surface area contributed by atoms with E-state index in [1.165, 1.54) is 0 Å². The molecule has 5 nitrogen and oxygen atoms in total. The van der Waals surface area contributed by atoms with Crippen molar-refractivity contribution in [1.29, 1.82) is 0 Å². The second-order valence-corrected chi connectivity index (χ2v) is 5.13. The highest BCUT2D eigenvalue weighted by molar-refractivity contribution is 6.28. The van der Waals surface area contributed by atoms with Crippen LogP contribution in [0.4, 0.5) is 22.7 Å². The zero-order chi connectivity index (χ0) is 15.9. The number of benzene rings is 2. The molecular formula is C16H18ClN5. The SMILES string of the molecule is CN(C)c1ccc(N=Nc2ccc(N=C(N)CCl)cc2)cc1. The molecular weight excluding hydrogens is 298 g/mol. The van der Waals surface area contributed by atoms with Crippen LogP contribution in [0.5, 0.6) is 0 Å². The maximum atomic E-state index is 5.59. The maximum Gasteiger partial charge on any atom is 0.115 e. The van der Waals surface area contributed by atoms with Crippen molar-refractivity contribution in [2.24, 2.45) is 21.0 Å². The Morgan fingerprint density at radius 1 is 0.909 bits per heavy atom. The van der Waals surface area contributed by atoms with E-state index in [1.54, 1.807) is 0 Å². The van der Waals surface area contributed by atoms with Crippen LogP contribution in [0.25, 0.3) is 0 Å². The molecule has 0 fully saturated rings. The summed E-state index contributed by atoms with van der Waals surface area (Å²) >= 11 is 5.59. The Kier molecular flexibility index (Phi) is 5.49. The quantitative estimate of drug-likeness (QED) is 0.385. The van der Waals surface area contributed by atoms with Crippen LogP contribution in [-0.2, 0) is 0 Å².